The van der Waals surface area contributed by atoms with Crippen LogP contribution in [0.4, 0.5) is 0 Å². The lowest BCUT2D eigenvalue weighted by molar-refractivity contribution is -0.166. The van der Waals surface area contributed by atoms with E-state index in [-0.39, 0.29) is 31.6 Å². The highest BCUT2D eigenvalue weighted by Crippen LogP contribution is 2.13. The number of allylic oxidation sites excluding steroid dienone is 19. The van der Waals surface area contributed by atoms with Crippen LogP contribution in [0.3, 0.4) is 0 Å². The third-order valence-electron chi connectivity index (χ3n) is 11.0. The summed E-state index contributed by atoms with van der Waals surface area (Å²) in [5.74, 6) is -1.09. The van der Waals surface area contributed by atoms with E-state index in [9.17, 15) is 14.4 Å². The van der Waals surface area contributed by atoms with Gasteiger partial charge in [0.05, 0.1) is 6.42 Å². The first-order valence-corrected chi connectivity index (χ1v) is 27.0. The Kier molecular flexibility index (Phi) is 51.0. The number of hydrogen-bond acceptors (Lipinski definition) is 6. The summed E-state index contributed by atoms with van der Waals surface area (Å²) in [5, 5.41) is 0. The van der Waals surface area contributed by atoms with E-state index in [1.807, 2.05) is 6.08 Å². The number of rotatable bonds is 47. The minimum Gasteiger partial charge on any atom is -0.462 e. The van der Waals surface area contributed by atoms with Crippen molar-refractivity contribution in [2.24, 2.45) is 0 Å². The summed E-state index contributed by atoms with van der Waals surface area (Å²) in [5.41, 5.74) is 0. The van der Waals surface area contributed by atoms with Crippen molar-refractivity contribution in [2.45, 2.75) is 232 Å². The van der Waals surface area contributed by atoms with Gasteiger partial charge in [0.25, 0.3) is 0 Å². The quantitative estimate of drug-likeness (QED) is 0.0262. The van der Waals surface area contributed by atoms with Crippen molar-refractivity contribution in [3.05, 3.63) is 122 Å². The van der Waals surface area contributed by atoms with E-state index in [0.29, 0.717) is 19.3 Å². The van der Waals surface area contributed by atoms with Crippen molar-refractivity contribution < 1.29 is 28.6 Å². The second-order valence-corrected chi connectivity index (χ2v) is 17.4. The monoisotopic (exact) mass is 927 g/mol. The van der Waals surface area contributed by atoms with Crippen molar-refractivity contribution in [3.63, 3.8) is 0 Å². The first-order valence-electron chi connectivity index (χ1n) is 27.0. The zero-order valence-corrected chi connectivity index (χ0v) is 43.1. The molecule has 67 heavy (non-hydrogen) atoms. The molecule has 378 valence electrons. The van der Waals surface area contributed by atoms with Crippen LogP contribution >= 0.6 is 0 Å². The Hall–Kier alpha value is -4.19. The highest BCUT2D eigenvalue weighted by molar-refractivity contribution is 5.72. The van der Waals surface area contributed by atoms with Gasteiger partial charge in [-0.2, -0.15) is 0 Å². The molecule has 0 aromatic heterocycles. The smallest absolute Gasteiger partial charge is 0.310 e. The molecule has 1 atom stereocenters. The minimum absolute atomic E-state index is 0.0876. The predicted octanol–water partition coefficient (Wildman–Crippen LogP) is 18.1. The van der Waals surface area contributed by atoms with E-state index in [0.717, 1.165) is 116 Å². The Morgan fingerprint density at radius 3 is 1.00 bits per heavy atom. The number of esters is 3. The molecule has 0 aliphatic heterocycles. The Morgan fingerprint density at radius 1 is 0.328 bits per heavy atom. The fraction of sp³-hybridized carbons (Fsp3) is 0.623. The molecular formula is C61H98O6. The number of carbonyl (C=O) groups excluding carboxylic acids is 3. The summed E-state index contributed by atoms with van der Waals surface area (Å²) in [6.45, 7) is 6.29. The van der Waals surface area contributed by atoms with Crippen molar-refractivity contribution in [1.82, 2.24) is 0 Å². The summed E-state index contributed by atoms with van der Waals surface area (Å²) in [7, 11) is 0. The van der Waals surface area contributed by atoms with E-state index >= 15 is 0 Å². The number of ether oxygens (including phenoxy) is 3. The van der Waals surface area contributed by atoms with Gasteiger partial charge in [0, 0.05) is 12.8 Å². The van der Waals surface area contributed by atoms with Gasteiger partial charge < -0.3 is 14.2 Å². The zero-order chi connectivity index (χ0) is 48.6. The maximum atomic E-state index is 12.8. The lowest BCUT2D eigenvalue weighted by atomic mass is 10.1. The first-order chi connectivity index (χ1) is 33.0. The second kappa shape index (κ2) is 54.4. The van der Waals surface area contributed by atoms with Crippen molar-refractivity contribution >= 4 is 17.9 Å². The van der Waals surface area contributed by atoms with Gasteiger partial charge in [-0.15, -0.1) is 0 Å². The first kappa shape index (κ1) is 62.8. The Bertz CT molecular complexity index is 1440. The Labute approximate surface area is 412 Å². The lowest BCUT2D eigenvalue weighted by Crippen LogP contribution is -2.30. The summed E-state index contributed by atoms with van der Waals surface area (Å²) < 4.78 is 16.7. The molecule has 0 saturated heterocycles. The Balaban J connectivity index is 4.54. The highest BCUT2D eigenvalue weighted by Gasteiger charge is 2.19. The number of hydrogen-bond donors (Lipinski definition) is 0. The third kappa shape index (κ3) is 52.6. The van der Waals surface area contributed by atoms with Gasteiger partial charge in [0.2, 0.25) is 0 Å². The fourth-order valence-electron chi connectivity index (χ4n) is 6.97. The molecule has 0 aromatic rings. The van der Waals surface area contributed by atoms with Gasteiger partial charge in [-0.05, 0) is 109 Å². The van der Waals surface area contributed by atoms with Crippen LogP contribution in [-0.2, 0) is 28.6 Å². The maximum Gasteiger partial charge on any atom is 0.310 e. The summed E-state index contributed by atoms with van der Waals surface area (Å²) in [6.07, 6.45) is 74.9. The van der Waals surface area contributed by atoms with Gasteiger partial charge in [-0.3, -0.25) is 14.4 Å². The van der Waals surface area contributed by atoms with Crippen LogP contribution in [-0.4, -0.2) is 37.2 Å². The van der Waals surface area contributed by atoms with Crippen molar-refractivity contribution in [3.8, 4) is 0 Å². The van der Waals surface area contributed by atoms with E-state index < -0.39 is 12.1 Å². The molecule has 1 unspecified atom stereocenters. The largest absolute Gasteiger partial charge is 0.462 e. The molecule has 0 heterocycles. The molecular weight excluding hydrogens is 829 g/mol. The normalized spacial score (nSPS) is 13.1. The molecule has 0 aliphatic carbocycles. The highest BCUT2D eigenvalue weighted by atomic mass is 16.6. The van der Waals surface area contributed by atoms with Crippen LogP contribution < -0.4 is 0 Å². The summed E-state index contributed by atoms with van der Waals surface area (Å²) in [4.78, 5) is 38.0. The molecule has 0 rings (SSSR count). The molecule has 0 saturated carbocycles. The van der Waals surface area contributed by atoms with E-state index in [2.05, 4.69) is 130 Å². The van der Waals surface area contributed by atoms with Crippen LogP contribution in [0.25, 0.3) is 0 Å². The van der Waals surface area contributed by atoms with Crippen LogP contribution in [0.5, 0.6) is 0 Å². The average molecular weight is 927 g/mol. The topological polar surface area (TPSA) is 78.9 Å². The van der Waals surface area contributed by atoms with Crippen molar-refractivity contribution in [2.75, 3.05) is 13.2 Å². The molecule has 0 amide bonds. The van der Waals surface area contributed by atoms with Gasteiger partial charge in [0.15, 0.2) is 6.10 Å². The molecule has 6 heteroatoms. The number of carbonyl (C=O) groups is 3. The minimum atomic E-state index is -0.845. The summed E-state index contributed by atoms with van der Waals surface area (Å²) in [6, 6.07) is 0. The van der Waals surface area contributed by atoms with Crippen LogP contribution in [0.2, 0.25) is 0 Å². The molecule has 0 aromatic carbocycles. The fourth-order valence-corrected chi connectivity index (χ4v) is 6.97. The van der Waals surface area contributed by atoms with E-state index in [1.165, 1.54) is 64.2 Å². The van der Waals surface area contributed by atoms with E-state index in [4.69, 9.17) is 14.2 Å². The third-order valence-corrected chi connectivity index (χ3v) is 11.0. The van der Waals surface area contributed by atoms with Crippen LogP contribution in [0.15, 0.2) is 122 Å². The van der Waals surface area contributed by atoms with Gasteiger partial charge in [-0.1, -0.05) is 219 Å². The summed E-state index contributed by atoms with van der Waals surface area (Å²) >= 11 is 0. The molecule has 0 N–H and O–H groups in total. The van der Waals surface area contributed by atoms with Crippen molar-refractivity contribution in [1.29, 1.82) is 0 Å². The molecule has 0 fully saturated rings. The molecule has 6 nitrogen and oxygen atoms in total. The van der Waals surface area contributed by atoms with Crippen LogP contribution in [0.1, 0.15) is 226 Å². The molecule has 0 spiro atoms. The average Bonchev–Trinajstić information content (AvgIpc) is 3.33. The molecule has 0 bridgehead atoms. The maximum absolute atomic E-state index is 12.8. The molecule has 0 aliphatic rings. The van der Waals surface area contributed by atoms with Gasteiger partial charge >= 0.3 is 17.9 Å². The lowest BCUT2D eigenvalue weighted by Gasteiger charge is -2.18. The zero-order valence-electron chi connectivity index (χ0n) is 43.1. The standard InChI is InChI=1S/C61H98O6/c1-4-7-10-13-16-19-22-25-28-29-30-31-34-36-39-42-45-48-51-54-60(63)66-57-58(67-61(64)55-52-49-46-43-40-37-33-27-24-21-18-15-12-9-6-3)56-65-59(62)53-50-47-44-41-38-35-32-26-23-20-17-14-11-8-5-2/h7,9-10,12,16,18-19,21,25-28,30-33,40,43,49,52,58H,4-6,8,11,13-15,17,20,22-24,29,34-39,41-42,44-48,50-51,53-57H2,1-3H3/b10-7-,12-9-,19-16-,21-18-,28-25-,31-30-,32-26-,33-27-,43-40-,52-49-. The van der Waals surface area contributed by atoms with Gasteiger partial charge in [-0.25, -0.2) is 0 Å². The molecule has 0 radical (unpaired) electrons. The Morgan fingerprint density at radius 2 is 0.627 bits per heavy atom. The van der Waals surface area contributed by atoms with E-state index in [1.54, 1.807) is 6.08 Å². The second-order valence-electron chi connectivity index (χ2n) is 17.4. The van der Waals surface area contributed by atoms with Gasteiger partial charge in [0.1, 0.15) is 13.2 Å². The number of unbranched alkanes of at least 4 members (excludes halogenated alkanes) is 17. The predicted molar refractivity (Wildman–Crippen MR) is 288 cm³/mol. The SMILES string of the molecule is CC/C=C\C/C=C\C/C=C\C/C=C\C/C=C\CC(=O)OC(COC(=O)CCCCCCC/C=C\CCCCCCCC)COC(=O)CCCCCCCC/C=C\C/C=C\C/C=C\C/C=C\CC. The van der Waals surface area contributed by atoms with Crippen LogP contribution in [0, 0.1) is 0 Å².